The zero-order valence-electron chi connectivity index (χ0n) is 59.3. The van der Waals surface area contributed by atoms with E-state index in [1.54, 1.807) is 0 Å². The van der Waals surface area contributed by atoms with Crippen molar-refractivity contribution in [3.8, 4) is 0 Å². The molecule has 2 atom stereocenters. The largest absolute Gasteiger partial charge is 0.466 e. The van der Waals surface area contributed by atoms with Crippen LogP contribution in [-0.2, 0) is 14.3 Å². The van der Waals surface area contributed by atoms with Gasteiger partial charge in [-0.1, -0.05) is 391 Å². The van der Waals surface area contributed by atoms with Crippen LogP contribution < -0.4 is 5.32 Å². The van der Waals surface area contributed by atoms with Crippen molar-refractivity contribution >= 4 is 11.9 Å². The number of hydrogen-bond donors (Lipinski definition) is 3. The van der Waals surface area contributed by atoms with Crippen LogP contribution >= 0.6 is 0 Å². The lowest BCUT2D eigenvalue weighted by Gasteiger charge is -2.22. The predicted molar refractivity (Wildman–Crippen MR) is 384 cm³/mol. The Bertz CT molecular complexity index is 1360. The summed E-state index contributed by atoms with van der Waals surface area (Å²) >= 11 is 0. The molecule has 87 heavy (non-hydrogen) atoms. The Kier molecular flexibility index (Phi) is 75.3. The van der Waals surface area contributed by atoms with Crippen molar-refractivity contribution in [2.75, 3.05) is 13.2 Å². The number of hydrogen-bond acceptors (Lipinski definition) is 5. The number of aliphatic hydroxyl groups is 2. The number of aliphatic hydroxyl groups excluding tert-OH is 2. The number of ether oxygens (including phenoxy) is 1. The molecule has 516 valence electrons. The Morgan fingerprint density at radius 2 is 0.540 bits per heavy atom. The van der Waals surface area contributed by atoms with Gasteiger partial charge in [-0.3, -0.25) is 9.59 Å². The summed E-state index contributed by atoms with van der Waals surface area (Å²) in [7, 11) is 0. The van der Waals surface area contributed by atoms with Crippen molar-refractivity contribution in [3.05, 3.63) is 24.3 Å². The molecule has 0 heterocycles. The first-order valence-electron chi connectivity index (χ1n) is 40.1. The summed E-state index contributed by atoms with van der Waals surface area (Å²) in [4.78, 5) is 24.7. The van der Waals surface area contributed by atoms with E-state index in [0.29, 0.717) is 25.9 Å². The van der Waals surface area contributed by atoms with Gasteiger partial charge in [0.2, 0.25) is 5.91 Å². The smallest absolute Gasteiger partial charge is 0.305 e. The normalized spacial score (nSPS) is 12.6. The van der Waals surface area contributed by atoms with Crippen LogP contribution in [0.1, 0.15) is 457 Å². The van der Waals surface area contributed by atoms with Crippen molar-refractivity contribution in [1.29, 1.82) is 0 Å². The van der Waals surface area contributed by atoms with Crippen LogP contribution in [0.4, 0.5) is 0 Å². The average molecular weight is 1230 g/mol. The highest BCUT2D eigenvalue weighted by Gasteiger charge is 2.20. The summed E-state index contributed by atoms with van der Waals surface area (Å²) < 4.78 is 5.51. The van der Waals surface area contributed by atoms with E-state index in [0.717, 1.165) is 44.9 Å². The number of nitrogens with one attached hydrogen (secondary N) is 1. The highest BCUT2D eigenvalue weighted by atomic mass is 16.5. The van der Waals surface area contributed by atoms with E-state index in [9.17, 15) is 19.8 Å². The molecule has 0 aromatic carbocycles. The van der Waals surface area contributed by atoms with Crippen LogP contribution in [0, 0.1) is 0 Å². The van der Waals surface area contributed by atoms with E-state index in [4.69, 9.17) is 4.74 Å². The zero-order chi connectivity index (χ0) is 62.8. The fourth-order valence-corrected chi connectivity index (χ4v) is 12.9. The van der Waals surface area contributed by atoms with Gasteiger partial charge in [-0.25, -0.2) is 0 Å². The maximum Gasteiger partial charge on any atom is 0.305 e. The van der Waals surface area contributed by atoms with Gasteiger partial charge in [0.15, 0.2) is 0 Å². The molecule has 1 amide bonds. The SMILES string of the molecule is CCCCCCCCC/C=C\CCCCCCCCCC(=O)OCCCCCCCCCCCCCC/C=C\CCCCCCCCCCCCCCCCCCCC(=O)NC(CO)C(O)CCCCCCCCCCCCCCCCCCCCC. The minimum absolute atomic E-state index is 0.0169. The molecule has 3 N–H and O–H groups in total. The van der Waals surface area contributed by atoms with Crippen molar-refractivity contribution in [2.45, 2.75) is 469 Å². The maximum absolute atomic E-state index is 12.6. The van der Waals surface area contributed by atoms with Crippen LogP contribution in [0.2, 0.25) is 0 Å². The minimum Gasteiger partial charge on any atom is -0.466 e. The number of esters is 1. The molecule has 0 saturated heterocycles. The van der Waals surface area contributed by atoms with Crippen LogP contribution in [0.15, 0.2) is 24.3 Å². The molecule has 2 unspecified atom stereocenters. The van der Waals surface area contributed by atoms with Crippen molar-refractivity contribution in [2.24, 2.45) is 0 Å². The summed E-state index contributed by atoms with van der Waals surface area (Å²) in [5, 5.41) is 23.4. The van der Waals surface area contributed by atoms with E-state index < -0.39 is 12.1 Å². The first-order valence-corrected chi connectivity index (χ1v) is 40.1. The molecule has 0 aliphatic carbocycles. The second-order valence-corrected chi connectivity index (χ2v) is 27.7. The molecule has 0 aliphatic heterocycles. The number of unbranched alkanes of at least 4 members (excludes halogenated alkanes) is 61. The van der Waals surface area contributed by atoms with E-state index in [1.165, 1.54) is 379 Å². The van der Waals surface area contributed by atoms with Gasteiger partial charge in [0, 0.05) is 12.8 Å². The molecule has 6 heteroatoms. The molecule has 0 aliphatic rings. The second-order valence-electron chi connectivity index (χ2n) is 27.7. The summed E-state index contributed by atoms with van der Waals surface area (Å²) in [5.41, 5.74) is 0. The van der Waals surface area contributed by atoms with Crippen molar-refractivity contribution < 1.29 is 24.5 Å². The van der Waals surface area contributed by atoms with Gasteiger partial charge in [0.1, 0.15) is 0 Å². The molecule has 0 radical (unpaired) electrons. The first kappa shape index (κ1) is 85.3. The van der Waals surface area contributed by atoms with E-state index in [1.807, 2.05) is 0 Å². The highest BCUT2D eigenvalue weighted by Crippen LogP contribution is 2.20. The Morgan fingerprint density at radius 3 is 0.816 bits per heavy atom. The van der Waals surface area contributed by atoms with Crippen LogP contribution in [0.25, 0.3) is 0 Å². The Labute approximate surface area is 545 Å². The summed E-state index contributed by atoms with van der Waals surface area (Å²) in [6.07, 6.45) is 98.4. The number of allylic oxidation sites excluding steroid dienone is 4. The van der Waals surface area contributed by atoms with Gasteiger partial charge in [-0.05, 0) is 77.0 Å². The highest BCUT2D eigenvalue weighted by molar-refractivity contribution is 5.76. The Morgan fingerprint density at radius 1 is 0.310 bits per heavy atom. The zero-order valence-corrected chi connectivity index (χ0v) is 59.3. The molecule has 0 fully saturated rings. The Hall–Kier alpha value is -1.66. The molecule has 0 rings (SSSR count). The minimum atomic E-state index is -0.663. The van der Waals surface area contributed by atoms with Gasteiger partial charge >= 0.3 is 5.97 Å². The molecule has 0 bridgehead atoms. The summed E-state index contributed by atoms with van der Waals surface area (Å²) in [6, 6.07) is -0.540. The van der Waals surface area contributed by atoms with Crippen molar-refractivity contribution in [1.82, 2.24) is 5.32 Å². The third-order valence-corrected chi connectivity index (χ3v) is 19.0. The monoisotopic (exact) mass is 1220 g/mol. The molecule has 6 nitrogen and oxygen atoms in total. The summed E-state index contributed by atoms with van der Waals surface area (Å²) in [5.74, 6) is -0.0101. The number of carbonyl (C=O) groups is 2. The lowest BCUT2D eigenvalue weighted by molar-refractivity contribution is -0.143. The Balaban J connectivity index is 3.34. The van der Waals surface area contributed by atoms with Crippen molar-refractivity contribution in [3.63, 3.8) is 0 Å². The van der Waals surface area contributed by atoms with Crippen LogP contribution in [0.5, 0.6) is 0 Å². The van der Waals surface area contributed by atoms with E-state index in [2.05, 4.69) is 43.5 Å². The van der Waals surface area contributed by atoms with Crippen LogP contribution in [-0.4, -0.2) is 47.4 Å². The molecule has 0 saturated carbocycles. The van der Waals surface area contributed by atoms with Gasteiger partial charge in [-0.2, -0.15) is 0 Å². The quantitative estimate of drug-likeness (QED) is 0.0320. The molecular formula is C81H157NO5. The van der Waals surface area contributed by atoms with E-state index in [-0.39, 0.29) is 18.5 Å². The lowest BCUT2D eigenvalue weighted by Crippen LogP contribution is -2.45. The fourth-order valence-electron chi connectivity index (χ4n) is 12.9. The predicted octanol–water partition coefficient (Wildman–Crippen LogP) is 26.4. The lowest BCUT2D eigenvalue weighted by atomic mass is 10.0. The van der Waals surface area contributed by atoms with Crippen LogP contribution in [0.3, 0.4) is 0 Å². The second kappa shape index (κ2) is 76.8. The molecule has 0 aromatic heterocycles. The number of amides is 1. The van der Waals surface area contributed by atoms with Gasteiger partial charge in [0.25, 0.3) is 0 Å². The average Bonchev–Trinajstić information content (AvgIpc) is 3.56. The fraction of sp³-hybridized carbons (Fsp3) is 0.926. The molecule has 0 spiro atoms. The van der Waals surface area contributed by atoms with E-state index >= 15 is 0 Å². The number of carbonyl (C=O) groups excluding carboxylic acids is 2. The van der Waals surface area contributed by atoms with Gasteiger partial charge < -0.3 is 20.3 Å². The topological polar surface area (TPSA) is 95.9 Å². The third kappa shape index (κ3) is 73.3. The standard InChI is InChI=1S/C81H157NO5/c1-3-5-7-9-11-13-15-17-19-21-38-41-45-49-53-57-61-65-69-73-79(84)78(77-83)82-80(85)74-70-66-62-58-54-50-46-42-39-36-34-32-30-28-26-24-23-25-27-29-31-33-35-37-40-44-48-52-56-60-64-68-72-76-87-81(86)75-71-67-63-59-55-51-47-43-22-20-18-16-14-12-10-8-6-4-2/h20,22,27,29,78-79,83-84H,3-19,21,23-26,28,30-77H2,1-2H3,(H,82,85)/b22-20-,29-27-. The first-order chi connectivity index (χ1) is 43.0. The molecular weight excluding hydrogens is 1070 g/mol. The summed E-state index contributed by atoms with van der Waals surface area (Å²) in [6.45, 7) is 5.00. The van der Waals surface area contributed by atoms with Gasteiger partial charge in [0.05, 0.1) is 25.4 Å². The number of rotatable bonds is 76. The third-order valence-electron chi connectivity index (χ3n) is 19.0. The van der Waals surface area contributed by atoms with Gasteiger partial charge in [-0.15, -0.1) is 0 Å². The maximum atomic E-state index is 12.6. The molecule has 0 aromatic rings.